The Morgan fingerprint density at radius 3 is 2.73 bits per heavy atom. The zero-order valence-electron chi connectivity index (χ0n) is 15.4. The number of aryl methyl sites for hydroxylation is 2. The van der Waals surface area contributed by atoms with Crippen molar-refractivity contribution in [1.82, 2.24) is 29.9 Å². The maximum Gasteiger partial charge on any atom is 0.266 e. The number of nitrogens with zero attached hydrogens (tertiary/aromatic N) is 5. The largest absolute Gasteiger partial charge is 0.353 e. The average Bonchev–Trinajstić information content (AvgIpc) is 3.03. The Bertz CT molecular complexity index is 835. The van der Waals surface area contributed by atoms with Gasteiger partial charge in [-0.25, -0.2) is 4.98 Å². The molecule has 2 aromatic heterocycles. The molecule has 3 heterocycles. The topological polar surface area (TPSA) is 106 Å². The highest BCUT2D eigenvalue weighted by Crippen LogP contribution is 2.12. The first kappa shape index (κ1) is 18.2. The quantitative estimate of drug-likeness (QED) is 0.828. The lowest BCUT2D eigenvalue weighted by Crippen LogP contribution is -2.43. The van der Waals surface area contributed by atoms with Crippen LogP contribution in [0.25, 0.3) is 11.5 Å². The molecule has 0 saturated carbocycles. The Balaban J connectivity index is 1.66. The second kappa shape index (κ2) is 7.77. The van der Waals surface area contributed by atoms with Crippen LogP contribution in [0.1, 0.15) is 30.9 Å². The highest BCUT2D eigenvalue weighted by molar-refractivity contribution is 5.76. The van der Waals surface area contributed by atoms with Crippen molar-refractivity contribution >= 4 is 5.91 Å². The smallest absolute Gasteiger partial charge is 0.266 e. The molecular weight excluding hydrogens is 336 g/mol. The van der Waals surface area contributed by atoms with E-state index in [2.05, 4.69) is 32.4 Å². The van der Waals surface area contributed by atoms with Gasteiger partial charge in [0.05, 0.1) is 0 Å². The van der Waals surface area contributed by atoms with Crippen molar-refractivity contribution in [3.05, 3.63) is 28.2 Å². The number of carbonyl (C=O) groups is 1. The first-order valence-corrected chi connectivity index (χ1v) is 8.79. The minimum absolute atomic E-state index is 0.0510. The summed E-state index contributed by atoms with van der Waals surface area (Å²) in [5, 5.41) is 6.76. The Morgan fingerprint density at radius 1 is 1.35 bits per heavy atom. The molecule has 0 radical (unpaired) electrons. The van der Waals surface area contributed by atoms with Crippen LogP contribution in [-0.4, -0.2) is 56.7 Å². The SMILES string of the molecule is Cc1noc(-c2cnc(C)n(CCC(=O)NC3CCN(C)CC3)c2=O)n1. The molecule has 0 spiro atoms. The summed E-state index contributed by atoms with van der Waals surface area (Å²) in [6.45, 7) is 5.65. The average molecular weight is 360 g/mol. The minimum atomic E-state index is -0.284. The number of likely N-dealkylation sites (tertiary alicyclic amines) is 1. The highest BCUT2D eigenvalue weighted by Gasteiger charge is 2.19. The molecule has 9 nitrogen and oxygen atoms in total. The summed E-state index contributed by atoms with van der Waals surface area (Å²) in [7, 11) is 2.08. The molecule has 140 valence electrons. The predicted molar refractivity (Wildman–Crippen MR) is 94.5 cm³/mol. The van der Waals surface area contributed by atoms with Crippen LogP contribution in [0.2, 0.25) is 0 Å². The van der Waals surface area contributed by atoms with Gasteiger partial charge in [-0.2, -0.15) is 4.98 Å². The molecule has 0 aromatic carbocycles. The Morgan fingerprint density at radius 2 is 2.08 bits per heavy atom. The summed E-state index contributed by atoms with van der Waals surface area (Å²) in [6, 6.07) is 0.211. The summed E-state index contributed by atoms with van der Waals surface area (Å²) in [5.41, 5.74) is -0.0415. The van der Waals surface area contributed by atoms with Gasteiger partial charge in [-0.15, -0.1) is 0 Å². The number of hydrogen-bond acceptors (Lipinski definition) is 7. The Kier molecular flexibility index (Phi) is 5.46. The van der Waals surface area contributed by atoms with E-state index in [0.717, 1.165) is 25.9 Å². The molecule has 1 aliphatic heterocycles. The lowest BCUT2D eigenvalue weighted by atomic mass is 10.1. The van der Waals surface area contributed by atoms with Crippen LogP contribution in [-0.2, 0) is 11.3 Å². The number of nitrogens with one attached hydrogen (secondary N) is 1. The van der Waals surface area contributed by atoms with Gasteiger partial charge in [-0.1, -0.05) is 5.16 Å². The molecule has 0 aliphatic carbocycles. The summed E-state index contributed by atoms with van der Waals surface area (Å²) in [4.78, 5) is 35.5. The standard InChI is InChI=1S/C17H24N6O3/c1-11-19-16(26-21-11)14-10-18-12(2)23(17(14)25)9-6-15(24)20-13-4-7-22(3)8-5-13/h10,13H,4-9H2,1-3H3,(H,20,24). The minimum Gasteiger partial charge on any atom is -0.353 e. The van der Waals surface area contributed by atoms with E-state index in [1.165, 1.54) is 10.8 Å². The van der Waals surface area contributed by atoms with E-state index in [9.17, 15) is 9.59 Å². The third kappa shape index (κ3) is 4.16. The molecule has 1 amide bonds. The van der Waals surface area contributed by atoms with Gasteiger partial charge in [0.2, 0.25) is 5.91 Å². The van der Waals surface area contributed by atoms with Gasteiger partial charge in [-0.05, 0) is 46.8 Å². The van der Waals surface area contributed by atoms with Crippen molar-refractivity contribution in [3.8, 4) is 11.5 Å². The molecule has 26 heavy (non-hydrogen) atoms. The third-order valence-corrected chi connectivity index (χ3v) is 4.65. The lowest BCUT2D eigenvalue weighted by molar-refractivity contribution is -0.122. The summed E-state index contributed by atoms with van der Waals surface area (Å²) >= 11 is 0. The third-order valence-electron chi connectivity index (χ3n) is 4.65. The summed E-state index contributed by atoms with van der Waals surface area (Å²) in [6.07, 6.45) is 3.56. The first-order chi connectivity index (χ1) is 12.4. The molecular formula is C17H24N6O3. The van der Waals surface area contributed by atoms with E-state index in [0.29, 0.717) is 11.6 Å². The zero-order valence-corrected chi connectivity index (χ0v) is 15.4. The van der Waals surface area contributed by atoms with Gasteiger partial charge in [0.25, 0.3) is 11.4 Å². The summed E-state index contributed by atoms with van der Waals surface area (Å²) in [5.74, 6) is 1.08. The fourth-order valence-electron chi connectivity index (χ4n) is 3.06. The lowest BCUT2D eigenvalue weighted by Gasteiger charge is -2.29. The predicted octanol–water partition coefficient (Wildman–Crippen LogP) is 0.511. The Hall–Kier alpha value is -2.55. The van der Waals surface area contributed by atoms with Gasteiger partial charge in [0, 0.05) is 25.2 Å². The number of rotatable bonds is 5. The second-order valence-electron chi connectivity index (χ2n) is 6.72. The normalized spacial score (nSPS) is 16.0. The van der Waals surface area contributed by atoms with E-state index in [4.69, 9.17) is 4.52 Å². The Labute approximate surface area is 151 Å². The first-order valence-electron chi connectivity index (χ1n) is 8.79. The summed E-state index contributed by atoms with van der Waals surface area (Å²) < 4.78 is 6.54. The maximum atomic E-state index is 12.7. The van der Waals surface area contributed by atoms with Gasteiger partial charge < -0.3 is 14.7 Å². The van der Waals surface area contributed by atoms with Crippen LogP contribution >= 0.6 is 0 Å². The van der Waals surface area contributed by atoms with Crippen molar-refractivity contribution < 1.29 is 9.32 Å². The highest BCUT2D eigenvalue weighted by atomic mass is 16.5. The van der Waals surface area contributed by atoms with Crippen LogP contribution in [0.4, 0.5) is 0 Å². The molecule has 1 N–H and O–H groups in total. The molecule has 1 fully saturated rings. The fourth-order valence-corrected chi connectivity index (χ4v) is 3.06. The molecule has 3 rings (SSSR count). The molecule has 2 aromatic rings. The number of amides is 1. The van der Waals surface area contributed by atoms with Crippen molar-refractivity contribution in [2.75, 3.05) is 20.1 Å². The number of hydrogen-bond donors (Lipinski definition) is 1. The molecule has 0 unspecified atom stereocenters. The maximum absolute atomic E-state index is 12.7. The van der Waals surface area contributed by atoms with Crippen LogP contribution in [0.5, 0.6) is 0 Å². The molecule has 1 saturated heterocycles. The fraction of sp³-hybridized carbons (Fsp3) is 0.588. The monoisotopic (exact) mass is 360 g/mol. The molecule has 9 heteroatoms. The zero-order chi connectivity index (χ0) is 18.7. The van der Waals surface area contributed by atoms with E-state index in [-0.39, 0.29) is 41.9 Å². The van der Waals surface area contributed by atoms with E-state index in [1.54, 1.807) is 13.8 Å². The van der Waals surface area contributed by atoms with Crippen molar-refractivity contribution in [2.45, 2.75) is 45.7 Å². The van der Waals surface area contributed by atoms with Gasteiger partial charge >= 0.3 is 0 Å². The van der Waals surface area contributed by atoms with Gasteiger partial charge in [-0.3, -0.25) is 14.2 Å². The van der Waals surface area contributed by atoms with Crippen LogP contribution in [0.3, 0.4) is 0 Å². The number of piperidine rings is 1. The van der Waals surface area contributed by atoms with Gasteiger partial charge in [0.15, 0.2) is 5.82 Å². The molecule has 0 bridgehead atoms. The van der Waals surface area contributed by atoms with Crippen molar-refractivity contribution in [1.29, 1.82) is 0 Å². The second-order valence-corrected chi connectivity index (χ2v) is 6.72. The van der Waals surface area contributed by atoms with E-state index in [1.807, 2.05) is 0 Å². The van der Waals surface area contributed by atoms with Crippen LogP contribution in [0.15, 0.2) is 15.5 Å². The van der Waals surface area contributed by atoms with E-state index < -0.39 is 0 Å². The van der Waals surface area contributed by atoms with Crippen molar-refractivity contribution in [2.24, 2.45) is 0 Å². The van der Waals surface area contributed by atoms with Crippen LogP contribution < -0.4 is 10.9 Å². The van der Waals surface area contributed by atoms with Crippen molar-refractivity contribution in [3.63, 3.8) is 0 Å². The molecule has 0 atom stereocenters. The number of carbonyl (C=O) groups excluding carboxylic acids is 1. The number of aromatic nitrogens is 4. The van der Waals surface area contributed by atoms with Crippen LogP contribution in [0, 0.1) is 13.8 Å². The van der Waals surface area contributed by atoms with Gasteiger partial charge in [0.1, 0.15) is 11.4 Å². The molecule has 1 aliphatic rings. The van der Waals surface area contributed by atoms with E-state index >= 15 is 0 Å².